The average molecular weight is 360 g/mol. The minimum Gasteiger partial charge on any atom is -0.224 e. The fraction of sp³-hybridized carbons (Fsp3) is 0. The number of halogens is 3. The van der Waals surface area contributed by atoms with Crippen molar-refractivity contribution >= 4 is 39.1 Å². The molecule has 2 heterocycles. The van der Waals surface area contributed by atoms with E-state index < -0.39 is 0 Å². The third-order valence-corrected chi connectivity index (χ3v) is 3.74. The first-order valence-corrected chi connectivity index (χ1v) is 6.64. The highest BCUT2D eigenvalue weighted by atomic mass is 79.9. The third kappa shape index (κ3) is 2.24. The maximum absolute atomic E-state index is 6.15. The monoisotopic (exact) mass is 358 g/mol. The molecule has 1 aromatic carbocycles. The van der Waals surface area contributed by atoms with Crippen LogP contribution >= 0.6 is 39.1 Å². The highest BCUT2D eigenvalue weighted by Gasteiger charge is 2.16. The lowest BCUT2D eigenvalue weighted by molar-refractivity contribution is 0.861. The second-order valence-electron chi connectivity index (χ2n) is 3.59. The Balaban J connectivity index is 2.12. The number of aromatic nitrogens is 6. The number of aromatic amines is 1. The molecule has 3 aromatic rings. The molecular formula is C10H5BrCl2N6. The molecule has 0 aliphatic heterocycles. The maximum Gasteiger partial charge on any atom is 0.209 e. The van der Waals surface area contributed by atoms with Crippen molar-refractivity contribution in [3.63, 3.8) is 0 Å². The van der Waals surface area contributed by atoms with Crippen LogP contribution in [0.1, 0.15) is 0 Å². The van der Waals surface area contributed by atoms with Gasteiger partial charge in [-0.05, 0) is 39.3 Å². The molecule has 0 amide bonds. The van der Waals surface area contributed by atoms with Crippen molar-refractivity contribution in [3.8, 4) is 17.1 Å². The Morgan fingerprint density at radius 2 is 2.11 bits per heavy atom. The van der Waals surface area contributed by atoms with Gasteiger partial charge in [-0.15, -0.1) is 10.2 Å². The third-order valence-electron chi connectivity index (χ3n) is 2.43. The van der Waals surface area contributed by atoms with Crippen molar-refractivity contribution in [2.75, 3.05) is 0 Å². The molecule has 3 rings (SSSR count). The zero-order valence-electron chi connectivity index (χ0n) is 9.18. The summed E-state index contributed by atoms with van der Waals surface area (Å²) in [6, 6.07) is 5.17. The lowest BCUT2D eigenvalue weighted by atomic mass is 10.3. The van der Waals surface area contributed by atoms with Crippen molar-refractivity contribution in [2.24, 2.45) is 0 Å². The zero-order chi connectivity index (χ0) is 13.4. The van der Waals surface area contributed by atoms with Crippen LogP contribution in [0.4, 0.5) is 0 Å². The summed E-state index contributed by atoms with van der Waals surface area (Å²) in [6.07, 6.45) is 1.62. The summed E-state index contributed by atoms with van der Waals surface area (Å²) < 4.78 is 2.31. The molecule has 0 aliphatic carbocycles. The number of H-pyrrole nitrogens is 1. The van der Waals surface area contributed by atoms with Crippen molar-refractivity contribution < 1.29 is 0 Å². The summed E-state index contributed by atoms with van der Waals surface area (Å²) >= 11 is 15.5. The first kappa shape index (κ1) is 12.6. The number of rotatable bonds is 2. The van der Waals surface area contributed by atoms with Gasteiger partial charge in [-0.3, -0.25) is 0 Å². The van der Waals surface area contributed by atoms with E-state index in [9.17, 15) is 0 Å². The van der Waals surface area contributed by atoms with Gasteiger partial charge < -0.3 is 0 Å². The van der Waals surface area contributed by atoms with Crippen molar-refractivity contribution in [1.29, 1.82) is 0 Å². The van der Waals surface area contributed by atoms with Gasteiger partial charge in [0.05, 0.1) is 22.5 Å². The first-order valence-electron chi connectivity index (χ1n) is 5.09. The largest absolute Gasteiger partial charge is 0.224 e. The topological polar surface area (TPSA) is 72.3 Å². The number of benzene rings is 1. The standard InChI is InChI=1S/C10H5BrCl2N6/c11-9-6(10-15-17-18-16-10)4-14-19(9)8-2-1-5(12)3-7(8)13/h1-4H,(H,15,16,17,18). The summed E-state index contributed by atoms with van der Waals surface area (Å²) in [4.78, 5) is 0. The number of hydrogen-bond acceptors (Lipinski definition) is 4. The van der Waals surface area contributed by atoms with E-state index in [0.29, 0.717) is 31.7 Å². The predicted molar refractivity (Wildman–Crippen MR) is 74.5 cm³/mol. The van der Waals surface area contributed by atoms with E-state index in [-0.39, 0.29) is 0 Å². The van der Waals surface area contributed by atoms with Gasteiger partial charge in [0.1, 0.15) is 4.60 Å². The summed E-state index contributed by atoms with van der Waals surface area (Å²) in [6.45, 7) is 0. The fourth-order valence-corrected chi connectivity index (χ4v) is 2.63. The van der Waals surface area contributed by atoms with Gasteiger partial charge in [-0.2, -0.15) is 10.3 Å². The molecule has 0 aliphatic rings. The molecule has 0 bridgehead atoms. The molecule has 0 saturated heterocycles. The van der Waals surface area contributed by atoms with Crippen LogP contribution in [0.15, 0.2) is 29.0 Å². The number of hydrogen-bond donors (Lipinski definition) is 1. The summed E-state index contributed by atoms with van der Waals surface area (Å²) in [5.74, 6) is 0.447. The highest BCUT2D eigenvalue weighted by molar-refractivity contribution is 9.10. The van der Waals surface area contributed by atoms with Crippen molar-refractivity contribution in [2.45, 2.75) is 0 Å². The molecule has 0 unspecified atom stereocenters. The second-order valence-corrected chi connectivity index (χ2v) is 5.19. The molecule has 0 fully saturated rings. The summed E-state index contributed by atoms with van der Waals surface area (Å²) in [5.41, 5.74) is 1.41. The van der Waals surface area contributed by atoms with E-state index in [1.54, 1.807) is 29.1 Å². The first-order chi connectivity index (χ1) is 9.16. The number of tetrazole rings is 1. The minimum atomic E-state index is 0.447. The lowest BCUT2D eigenvalue weighted by Gasteiger charge is -2.06. The van der Waals surface area contributed by atoms with Gasteiger partial charge in [0.2, 0.25) is 5.82 Å². The van der Waals surface area contributed by atoms with E-state index in [1.165, 1.54) is 0 Å². The normalized spacial score (nSPS) is 10.9. The second kappa shape index (κ2) is 4.92. The van der Waals surface area contributed by atoms with Gasteiger partial charge in [-0.25, -0.2) is 4.68 Å². The molecule has 2 aromatic heterocycles. The molecule has 6 nitrogen and oxygen atoms in total. The van der Waals surface area contributed by atoms with Crippen LogP contribution in [0.25, 0.3) is 17.1 Å². The molecule has 0 atom stereocenters. The van der Waals surface area contributed by atoms with E-state index in [1.807, 2.05) is 0 Å². The molecule has 0 radical (unpaired) electrons. The molecule has 0 saturated carbocycles. The Morgan fingerprint density at radius 1 is 1.26 bits per heavy atom. The smallest absolute Gasteiger partial charge is 0.209 e. The zero-order valence-corrected chi connectivity index (χ0v) is 12.3. The quantitative estimate of drug-likeness (QED) is 0.762. The van der Waals surface area contributed by atoms with Gasteiger partial charge in [0, 0.05) is 5.02 Å². The number of nitrogens with zero attached hydrogens (tertiary/aromatic N) is 5. The van der Waals surface area contributed by atoms with E-state index in [4.69, 9.17) is 23.2 Å². The highest BCUT2D eigenvalue weighted by Crippen LogP contribution is 2.31. The van der Waals surface area contributed by atoms with Crippen LogP contribution in [0.5, 0.6) is 0 Å². The van der Waals surface area contributed by atoms with Gasteiger partial charge >= 0.3 is 0 Å². The van der Waals surface area contributed by atoms with Crippen LogP contribution in [-0.2, 0) is 0 Å². The minimum absolute atomic E-state index is 0.447. The molecule has 96 valence electrons. The summed E-state index contributed by atoms with van der Waals surface area (Å²) in [5, 5.41) is 19.0. The lowest BCUT2D eigenvalue weighted by Crippen LogP contribution is -1.97. The van der Waals surface area contributed by atoms with Crippen LogP contribution in [0.3, 0.4) is 0 Å². The predicted octanol–water partition coefficient (Wildman–Crippen LogP) is 3.12. The van der Waals surface area contributed by atoms with Crippen LogP contribution in [0.2, 0.25) is 10.0 Å². The SMILES string of the molecule is Clc1ccc(-n2ncc(-c3nn[nH]n3)c2Br)c(Cl)c1. The van der Waals surface area contributed by atoms with E-state index >= 15 is 0 Å². The van der Waals surface area contributed by atoms with Crippen molar-refractivity contribution in [3.05, 3.63) is 39.0 Å². The Bertz CT molecular complexity index is 724. The maximum atomic E-state index is 6.15. The Morgan fingerprint density at radius 3 is 2.79 bits per heavy atom. The Labute approximate surface area is 125 Å². The molecule has 9 heteroatoms. The number of nitrogens with one attached hydrogen (secondary N) is 1. The van der Waals surface area contributed by atoms with Gasteiger partial charge in [-0.1, -0.05) is 23.2 Å². The molecular weight excluding hydrogens is 355 g/mol. The van der Waals surface area contributed by atoms with Crippen LogP contribution in [-0.4, -0.2) is 30.4 Å². The fourth-order valence-electron chi connectivity index (χ4n) is 1.58. The van der Waals surface area contributed by atoms with Crippen LogP contribution < -0.4 is 0 Å². The Hall–Kier alpha value is -1.44. The average Bonchev–Trinajstić information content (AvgIpc) is 2.99. The van der Waals surface area contributed by atoms with Crippen LogP contribution in [0, 0.1) is 0 Å². The van der Waals surface area contributed by atoms with Crippen molar-refractivity contribution in [1.82, 2.24) is 30.4 Å². The van der Waals surface area contributed by atoms with E-state index in [2.05, 4.69) is 41.7 Å². The van der Waals surface area contributed by atoms with E-state index in [0.717, 1.165) is 0 Å². The van der Waals surface area contributed by atoms with Gasteiger partial charge in [0.25, 0.3) is 0 Å². The molecule has 1 N–H and O–H groups in total. The molecule has 0 spiro atoms. The summed E-state index contributed by atoms with van der Waals surface area (Å²) in [7, 11) is 0. The van der Waals surface area contributed by atoms with Gasteiger partial charge in [0.15, 0.2) is 0 Å². The molecule has 19 heavy (non-hydrogen) atoms. The Kier molecular flexibility index (Phi) is 3.26.